The third-order valence-electron chi connectivity index (χ3n) is 4.80. The highest BCUT2D eigenvalue weighted by atomic mass is 19.1. The number of pyridine rings is 1. The smallest absolute Gasteiger partial charge is 0.410 e. The zero-order valence-corrected chi connectivity index (χ0v) is 13.3. The molecule has 6 nitrogen and oxygen atoms in total. The molecule has 0 aliphatic carbocycles. The van der Waals surface area contributed by atoms with Gasteiger partial charge in [0.05, 0.1) is 12.1 Å². The van der Waals surface area contributed by atoms with E-state index in [0.29, 0.717) is 30.7 Å². The van der Waals surface area contributed by atoms with Gasteiger partial charge >= 0.3 is 6.09 Å². The van der Waals surface area contributed by atoms with Crippen LogP contribution in [0, 0.1) is 5.82 Å². The fraction of sp³-hybridized carbons (Fsp3) is 0.412. The van der Waals surface area contributed by atoms with Crippen LogP contribution in [0.25, 0.3) is 10.9 Å². The summed E-state index contributed by atoms with van der Waals surface area (Å²) in [5.41, 5.74) is 0.237. The quantitative estimate of drug-likeness (QED) is 0.909. The van der Waals surface area contributed by atoms with Gasteiger partial charge in [0.1, 0.15) is 11.4 Å². The van der Waals surface area contributed by atoms with Crippen molar-refractivity contribution < 1.29 is 13.9 Å². The molecule has 7 heteroatoms. The Balaban J connectivity index is 1.57. The molecule has 2 aliphatic rings. The minimum atomic E-state index is -0.464. The van der Waals surface area contributed by atoms with E-state index in [9.17, 15) is 14.0 Å². The molecule has 0 bridgehead atoms. The summed E-state index contributed by atoms with van der Waals surface area (Å²) in [5.74, 6) is -0.435. The first-order chi connectivity index (χ1) is 11.5. The standard InChI is InChI=1S/C17H18FN3O3/c1-20-9-17(24-16(20)23)5-6-21(10-17)8-11-7-14(22)12-3-2-4-13(18)15(12)19-11/h2-4,7H,5-6,8-10H2,1H3,(H,19,22)/t17-/m1/s1. The molecular formula is C17H18FN3O3. The Morgan fingerprint density at radius 1 is 1.33 bits per heavy atom. The predicted octanol–water partition coefficient (Wildman–Crippen LogP) is 1.69. The number of nitrogens with zero attached hydrogens (tertiary/aromatic N) is 2. The van der Waals surface area contributed by atoms with E-state index in [1.165, 1.54) is 18.2 Å². The number of hydrogen-bond acceptors (Lipinski definition) is 4. The molecule has 2 aliphatic heterocycles. The van der Waals surface area contributed by atoms with Gasteiger partial charge in [-0.2, -0.15) is 0 Å². The molecule has 1 atom stereocenters. The number of benzene rings is 1. The summed E-state index contributed by atoms with van der Waals surface area (Å²) in [6.45, 7) is 2.44. The van der Waals surface area contributed by atoms with Crippen molar-refractivity contribution in [3.05, 3.63) is 46.0 Å². The number of rotatable bonds is 2. The number of likely N-dealkylation sites (N-methyl/N-ethyl adjacent to an activating group) is 1. The molecule has 2 saturated heterocycles. The van der Waals surface area contributed by atoms with E-state index in [1.807, 2.05) is 0 Å². The Kier molecular flexibility index (Phi) is 3.35. The van der Waals surface area contributed by atoms with Crippen LogP contribution in [0.3, 0.4) is 0 Å². The lowest BCUT2D eigenvalue weighted by Gasteiger charge is -2.21. The van der Waals surface area contributed by atoms with Crippen LogP contribution in [0.1, 0.15) is 12.1 Å². The molecule has 1 aromatic heterocycles. The highest BCUT2D eigenvalue weighted by Gasteiger charge is 2.48. The molecule has 1 amide bonds. The van der Waals surface area contributed by atoms with Crippen molar-refractivity contribution in [2.75, 3.05) is 26.7 Å². The van der Waals surface area contributed by atoms with Gasteiger partial charge in [-0.15, -0.1) is 0 Å². The molecule has 0 saturated carbocycles. The van der Waals surface area contributed by atoms with Crippen molar-refractivity contribution in [3.63, 3.8) is 0 Å². The molecule has 24 heavy (non-hydrogen) atoms. The number of likely N-dealkylation sites (tertiary alicyclic amines) is 1. The molecule has 126 valence electrons. The molecule has 0 radical (unpaired) electrons. The van der Waals surface area contributed by atoms with Gasteiger partial charge in [-0.05, 0) is 12.1 Å². The van der Waals surface area contributed by atoms with Gasteiger partial charge in [0.25, 0.3) is 0 Å². The third-order valence-corrected chi connectivity index (χ3v) is 4.80. The summed E-state index contributed by atoms with van der Waals surface area (Å²) in [4.78, 5) is 30.5. The maximum absolute atomic E-state index is 13.9. The average Bonchev–Trinajstić information content (AvgIpc) is 3.03. The van der Waals surface area contributed by atoms with Crippen LogP contribution >= 0.6 is 0 Å². The van der Waals surface area contributed by atoms with Crippen molar-refractivity contribution >= 4 is 17.0 Å². The van der Waals surface area contributed by atoms with E-state index in [1.54, 1.807) is 18.0 Å². The number of carbonyl (C=O) groups is 1. The SMILES string of the molecule is CN1C[C@@]2(CCN(Cc3cc(=O)c4cccc(F)c4[nH]3)C2)OC1=O. The van der Waals surface area contributed by atoms with Gasteiger partial charge in [0.2, 0.25) is 0 Å². The normalized spacial score (nSPS) is 24.2. The number of halogens is 1. The number of aromatic amines is 1. The van der Waals surface area contributed by atoms with E-state index in [-0.39, 0.29) is 17.0 Å². The predicted molar refractivity (Wildman–Crippen MR) is 86.3 cm³/mol. The molecule has 0 unspecified atom stereocenters. The summed E-state index contributed by atoms with van der Waals surface area (Å²) in [6, 6.07) is 5.99. The van der Waals surface area contributed by atoms with E-state index in [0.717, 1.165) is 13.0 Å². The lowest BCUT2D eigenvalue weighted by Crippen LogP contribution is -2.37. The Bertz CT molecular complexity index is 881. The van der Waals surface area contributed by atoms with Crippen molar-refractivity contribution in [1.82, 2.24) is 14.8 Å². The highest BCUT2D eigenvalue weighted by Crippen LogP contribution is 2.32. The number of amides is 1. The van der Waals surface area contributed by atoms with Gasteiger partial charge in [0.15, 0.2) is 5.43 Å². The molecule has 3 heterocycles. The second kappa shape index (κ2) is 5.31. The maximum atomic E-state index is 13.9. The Morgan fingerprint density at radius 3 is 2.92 bits per heavy atom. The van der Waals surface area contributed by atoms with Crippen LogP contribution in [0.4, 0.5) is 9.18 Å². The van der Waals surface area contributed by atoms with Gasteiger partial charge < -0.3 is 14.6 Å². The largest absolute Gasteiger partial charge is 0.439 e. The van der Waals surface area contributed by atoms with Crippen LogP contribution in [0.2, 0.25) is 0 Å². The van der Waals surface area contributed by atoms with E-state index in [4.69, 9.17) is 4.74 Å². The minimum Gasteiger partial charge on any atom is -0.439 e. The van der Waals surface area contributed by atoms with Crippen LogP contribution in [0.5, 0.6) is 0 Å². The number of hydrogen-bond donors (Lipinski definition) is 1. The van der Waals surface area contributed by atoms with Gasteiger partial charge in [-0.1, -0.05) is 6.07 Å². The summed E-state index contributed by atoms with van der Waals surface area (Å²) in [5, 5.41) is 0.350. The first-order valence-corrected chi connectivity index (χ1v) is 7.93. The number of aromatic nitrogens is 1. The maximum Gasteiger partial charge on any atom is 0.410 e. The van der Waals surface area contributed by atoms with Crippen LogP contribution in [0.15, 0.2) is 29.1 Å². The summed E-state index contributed by atoms with van der Waals surface area (Å²) in [7, 11) is 1.73. The van der Waals surface area contributed by atoms with Gasteiger partial charge in [0, 0.05) is 50.2 Å². The number of ether oxygens (including phenoxy) is 1. The summed E-state index contributed by atoms with van der Waals surface area (Å²) in [6.07, 6.45) is 0.466. The monoisotopic (exact) mass is 331 g/mol. The lowest BCUT2D eigenvalue weighted by atomic mass is 10.0. The second-order valence-corrected chi connectivity index (χ2v) is 6.69. The molecule has 4 rings (SSSR count). The van der Waals surface area contributed by atoms with Gasteiger partial charge in [-0.3, -0.25) is 9.69 Å². The number of para-hydroxylation sites is 1. The second-order valence-electron chi connectivity index (χ2n) is 6.69. The number of fused-ring (bicyclic) bond motifs is 1. The van der Waals surface area contributed by atoms with E-state index < -0.39 is 11.4 Å². The minimum absolute atomic E-state index is 0.195. The molecule has 2 aromatic rings. The van der Waals surface area contributed by atoms with Crippen molar-refractivity contribution in [3.8, 4) is 0 Å². The first-order valence-electron chi connectivity index (χ1n) is 7.93. The molecule has 1 aromatic carbocycles. The first kappa shape index (κ1) is 15.1. The van der Waals surface area contributed by atoms with Crippen molar-refractivity contribution in [1.29, 1.82) is 0 Å². The Labute approximate surface area is 137 Å². The van der Waals surface area contributed by atoms with Crippen LogP contribution < -0.4 is 5.43 Å². The van der Waals surface area contributed by atoms with E-state index >= 15 is 0 Å². The number of carbonyl (C=O) groups excluding carboxylic acids is 1. The zero-order chi connectivity index (χ0) is 16.9. The van der Waals surface area contributed by atoms with Gasteiger partial charge in [-0.25, -0.2) is 9.18 Å². The fourth-order valence-electron chi connectivity index (χ4n) is 3.68. The van der Waals surface area contributed by atoms with Crippen molar-refractivity contribution in [2.24, 2.45) is 0 Å². The van der Waals surface area contributed by atoms with Crippen LogP contribution in [-0.2, 0) is 11.3 Å². The van der Waals surface area contributed by atoms with Crippen molar-refractivity contribution in [2.45, 2.75) is 18.6 Å². The summed E-state index contributed by atoms with van der Waals surface area (Å²) >= 11 is 0. The highest BCUT2D eigenvalue weighted by molar-refractivity contribution is 5.78. The number of nitrogens with one attached hydrogen (secondary N) is 1. The molecular weight excluding hydrogens is 313 g/mol. The Hall–Kier alpha value is -2.41. The Morgan fingerprint density at radius 2 is 2.17 bits per heavy atom. The fourth-order valence-corrected chi connectivity index (χ4v) is 3.68. The lowest BCUT2D eigenvalue weighted by molar-refractivity contribution is 0.0626. The topological polar surface area (TPSA) is 65.6 Å². The third kappa shape index (κ3) is 2.45. The molecule has 2 fully saturated rings. The number of H-pyrrole nitrogens is 1. The zero-order valence-electron chi connectivity index (χ0n) is 13.3. The molecule has 1 spiro atoms. The van der Waals surface area contributed by atoms with Crippen LogP contribution in [-0.4, -0.2) is 53.2 Å². The molecule has 1 N–H and O–H groups in total. The summed E-state index contributed by atoms with van der Waals surface area (Å²) < 4.78 is 19.5. The van der Waals surface area contributed by atoms with E-state index in [2.05, 4.69) is 9.88 Å². The average molecular weight is 331 g/mol.